The Morgan fingerprint density at radius 2 is 1.96 bits per heavy atom. The smallest absolute Gasteiger partial charge is 0.379 e. The summed E-state index contributed by atoms with van der Waals surface area (Å²) in [5.74, 6) is -0.406. The van der Waals surface area contributed by atoms with Gasteiger partial charge in [-0.25, -0.2) is 0 Å². The van der Waals surface area contributed by atoms with Gasteiger partial charge in [0, 0.05) is 25.7 Å². The number of hydrogen-bond acceptors (Lipinski definition) is 4. The van der Waals surface area contributed by atoms with Gasteiger partial charge >= 0.3 is 6.18 Å². The number of nitrogens with zero attached hydrogens (tertiary/aromatic N) is 3. The lowest BCUT2D eigenvalue weighted by atomic mass is 10.2. The fourth-order valence-corrected chi connectivity index (χ4v) is 2.98. The van der Waals surface area contributed by atoms with E-state index in [1.165, 1.54) is 13.8 Å². The van der Waals surface area contributed by atoms with Crippen LogP contribution in [0.4, 0.5) is 13.2 Å². The number of amides is 1. The van der Waals surface area contributed by atoms with Crippen LogP contribution in [0.2, 0.25) is 5.02 Å². The van der Waals surface area contributed by atoms with Crippen molar-refractivity contribution in [1.29, 1.82) is 0 Å². The van der Waals surface area contributed by atoms with E-state index >= 15 is 0 Å². The first kappa shape index (κ1) is 20.0. The summed E-state index contributed by atoms with van der Waals surface area (Å²) in [6.45, 7) is 8.29. The van der Waals surface area contributed by atoms with E-state index in [1.807, 2.05) is 6.92 Å². The van der Waals surface area contributed by atoms with Crippen molar-refractivity contribution < 1.29 is 22.7 Å². The summed E-state index contributed by atoms with van der Waals surface area (Å²) < 4.78 is 45.0. The molecule has 0 aliphatic carbocycles. The Hall–Kier alpha value is -1.32. The Morgan fingerprint density at radius 1 is 1.36 bits per heavy atom. The number of carbonyl (C=O) groups excluding carboxylic acids is 1. The Balaban J connectivity index is 2.02. The molecule has 0 spiro atoms. The molecule has 1 aromatic heterocycles. The monoisotopic (exact) mass is 382 g/mol. The van der Waals surface area contributed by atoms with Gasteiger partial charge in [-0.2, -0.15) is 18.3 Å². The number of nitrogens with one attached hydrogen (secondary N) is 1. The minimum atomic E-state index is -4.66. The standard InChI is InChI=1S/C15H22ClF3N4O2/c1-9(8-22-4-6-25-7-5-22)20-14(24)11(3)23-10(2)12(16)13(21-23)15(17,18)19/h9,11H,4-8H2,1-3H3,(H,20,24)/t9-,11-/m1/s1. The summed E-state index contributed by atoms with van der Waals surface area (Å²) in [5.41, 5.74) is -1.06. The van der Waals surface area contributed by atoms with Gasteiger partial charge in [0.05, 0.1) is 23.9 Å². The molecule has 1 saturated heterocycles. The van der Waals surface area contributed by atoms with E-state index in [0.717, 1.165) is 17.8 Å². The summed E-state index contributed by atoms with van der Waals surface area (Å²) in [6, 6.07) is -1.05. The fourth-order valence-electron chi connectivity index (χ4n) is 2.75. The van der Waals surface area contributed by atoms with E-state index in [2.05, 4.69) is 15.3 Å². The number of morpholine rings is 1. The molecule has 142 valence electrons. The Bertz CT molecular complexity index is 615. The average Bonchev–Trinajstić information content (AvgIpc) is 2.83. The maximum Gasteiger partial charge on any atom is 0.436 e. The van der Waals surface area contributed by atoms with Crippen LogP contribution in [0, 0.1) is 6.92 Å². The molecular formula is C15H22ClF3N4O2. The Labute approximate surface area is 149 Å². The molecule has 1 fully saturated rings. The molecular weight excluding hydrogens is 361 g/mol. The lowest BCUT2D eigenvalue weighted by molar-refractivity contribution is -0.141. The zero-order valence-electron chi connectivity index (χ0n) is 14.4. The molecule has 25 heavy (non-hydrogen) atoms. The number of aromatic nitrogens is 2. The van der Waals surface area contributed by atoms with Gasteiger partial charge in [-0.1, -0.05) is 11.6 Å². The third-order valence-electron chi connectivity index (χ3n) is 4.12. The first-order valence-corrected chi connectivity index (χ1v) is 8.41. The van der Waals surface area contributed by atoms with Gasteiger partial charge in [-0.3, -0.25) is 14.4 Å². The van der Waals surface area contributed by atoms with Gasteiger partial charge in [0.2, 0.25) is 5.91 Å². The van der Waals surface area contributed by atoms with E-state index < -0.39 is 28.8 Å². The maximum absolute atomic E-state index is 12.9. The van der Waals surface area contributed by atoms with Crippen LogP contribution < -0.4 is 5.32 Å². The number of alkyl halides is 3. The Kier molecular flexibility index (Phi) is 6.34. The van der Waals surface area contributed by atoms with Crippen LogP contribution in [0.5, 0.6) is 0 Å². The van der Waals surface area contributed by atoms with Crippen molar-refractivity contribution in [3.8, 4) is 0 Å². The van der Waals surface area contributed by atoms with Gasteiger partial charge in [0.25, 0.3) is 0 Å². The molecule has 2 atom stereocenters. The second-order valence-corrected chi connectivity index (χ2v) is 6.57. The van der Waals surface area contributed by atoms with Crippen LogP contribution in [-0.2, 0) is 15.7 Å². The van der Waals surface area contributed by atoms with E-state index in [4.69, 9.17) is 16.3 Å². The van der Waals surface area contributed by atoms with Crippen LogP contribution in [-0.4, -0.2) is 59.5 Å². The van der Waals surface area contributed by atoms with Crippen molar-refractivity contribution in [2.24, 2.45) is 0 Å². The maximum atomic E-state index is 12.9. The molecule has 6 nitrogen and oxygen atoms in total. The fraction of sp³-hybridized carbons (Fsp3) is 0.733. The zero-order chi connectivity index (χ0) is 18.8. The van der Waals surface area contributed by atoms with E-state index in [1.54, 1.807) is 0 Å². The topological polar surface area (TPSA) is 59.4 Å². The molecule has 0 bridgehead atoms. The molecule has 0 radical (unpaired) electrons. The normalized spacial score (nSPS) is 18.8. The Morgan fingerprint density at radius 3 is 2.48 bits per heavy atom. The minimum Gasteiger partial charge on any atom is -0.379 e. The first-order chi connectivity index (χ1) is 11.6. The third-order valence-corrected chi connectivity index (χ3v) is 4.57. The van der Waals surface area contributed by atoms with Gasteiger partial charge < -0.3 is 10.1 Å². The largest absolute Gasteiger partial charge is 0.436 e. The highest BCUT2D eigenvalue weighted by molar-refractivity contribution is 6.32. The highest BCUT2D eigenvalue weighted by Crippen LogP contribution is 2.36. The number of rotatable bonds is 5. The number of hydrogen-bond donors (Lipinski definition) is 1. The van der Waals surface area contributed by atoms with E-state index in [9.17, 15) is 18.0 Å². The molecule has 10 heteroatoms. The summed E-state index contributed by atoms with van der Waals surface area (Å²) in [7, 11) is 0. The summed E-state index contributed by atoms with van der Waals surface area (Å²) in [4.78, 5) is 14.5. The van der Waals surface area contributed by atoms with Crippen LogP contribution >= 0.6 is 11.6 Å². The van der Waals surface area contributed by atoms with Gasteiger partial charge in [0.1, 0.15) is 6.04 Å². The second kappa shape index (κ2) is 7.92. The molecule has 1 aliphatic heterocycles. The van der Waals surface area contributed by atoms with Crippen LogP contribution in [0.3, 0.4) is 0 Å². The zero-order valence-corrected chi connectivity index (χ0v) is 15.1. The molecule has 0 aromatic carbocycles. The highest BCUT2D eigenvalue weighted by atomic mass is 35.5. The summed E-state index contributed by atoms with van der Waals surface area (Å²) in [5, 5.41) is 5.83. The van der Waals surface area contributed by atoms with Gasteiger partial charge in [-0.05, 0) is 20.8 Å². The molecule has 1 aromatic rings. The highest BCUT2D eigenvalue weighted by Gasteiger charge is 2.39. The van der Waals surface area contributed by atoms with Crippen LogP contribution in [0.25, 0.3) is 0 Å². The van der Waals surface area contributed by atoms with Crippen LogP contribution in [0.1, 0.15) is 31.3 Å². The number of carbonyl (C=O) groups is 1. The van der Waals surface area contributed by atoms with E-state index in [-0.39, 0.29) is 11.7 Å². The third kappa shape index (κ3) is 4.86. The second-order valence-electron chi connectivity index (χ2n) is 6.19. The molecule has 0 unspecified atom stereocenters. The molecule has 2 heterocycles. The lowest BCUT2D eigenvalue weighted by Crippen LogP contribution is -2.47. The number of halogens is 4. The minimum absolute atomic E-state index is 0.109. The predicted molar refractivity (Wildman–Crippen MR) is 86.6 cm³/mol. The predicted octanol–water partition coefficient (Wildman–Crippen LogP) is 2.26. The molecule has 0 saturated carbocycles. The quantitative estimate of drug-likeness (QED) is 0.848. The average molecular weight is 383 g/mol. The molecule has 1 amide bonds. The van der Waals surface area contributed by atoms with Crippen molar-refractivity contribution in [3.05, 3.63) is 16.4 Å². The molecule has 1 aliphatic rings. The van der Waals surface area contributed by atoms with Crippen LogP contribution in [0.15, 0.2) is 0 Å². The van der Waals surface area contributed by atoms with Crippen molar-refractivity contribution >= 4 is 17.5 Å². The SMILES string of the molecule is Cc1c(Cl)c(C(F)(F)F)nn1[C@H](C)C(=O)N[C@H](C)CN1CCOCC1. The van der Waals surface area contributed by atoms with Crippen molar-refractivity contribution in [2.75, 3.05) is 32.8 Å². The van der Waals surface area contributed by atoms with Crippen molar-refractivity contribution in [3.63, 3.8) is 0 Å². The van der Waals surface area contributed by atoms with Gasteiger partial charge in [-0.15, -0.1) is 0 Å². The summed E-state index contributed by atoms with van der Waals surface area (Å²) >= 11 is 5.73. The lowest BCUT2D eigenvalue weighted by Gasteiger charge is -2.29. The number of ether oxygens (including phenoxy) is 1. The van der Waals surface area contributed by atoms with Crippen molar-refractivity contribution in [1.82, 2.24) is 20.0 Å². The summed E-state index contributed by atoms with van der Waals surface area (Å²) in [6.07, 6.45) is -4.66. The molecule has 2 rings (SSSR count). The van der Waals surface area contributed by atoms with Crippen molar-refractivity contribution in [2.45, 2.75) is 39.0 Å². The van der Waals surface area contributed by atoms with E-state index in [0.29, 0.717) is 19.8 Å². The first-order valence-electron chi connectivity index (χ1n) is 8.03. The van der Waals surface area contributed by atoms with Gasteiger partial charge in [0.15, 0.2) is 5.69 Å². The molecule has 1 N–H and O–H groups in total.